The normalized spacial score (nSPS) is 22.8. The molecule has 0 unspecified atom stereocenters. The molecular weight excluding hydrogens is 254 g/mol. The van der Waals surface area contributed by atoms with Crippen molar-refractivity contribution in [3.63, 3.8) is 0 Å². The van der Waals surface area contributed by atoms with E-state index < -0.39 is 18.1 Å². The van der Waals surface area contributed by atoms with Crippen molar-refractivity contribution < 1.29 is 14.7 Å². The van der Waals surface area contributed by atoms with Gasteiger partial charge in [0, 0.05) is 0 Å². The Bertz CT molecular complexity index is 585. The minimum atomic E-state index is -1.15. The third-order valence-electron chi connectivity index (χ3n) is 3.38. The summed E-state index contributed by atoms with van der Waals surface area (Å²) >= 11 is 0. The van der Waals surface area contributed by atoms with Crippen molar-refractivity contribution in [1.29, 1.82) is 0 Å². The molecule has 2 aromatic carbocycles. The lowest BCUT2D eigenvalue weighted by atomic mass is 10.0. The van der Waals surface area contributed by atoms with Crippen LogP contribution in [0.2, 0.25) is 0 Å². The van der Waals surface area contributed by atoms with E-state index in [1.54, 1.807) is 0 Å². The number of carbonyl (C=O) groups excluding carboxylic acids is 1. The summed E-state index contributed by atoms with van der Waals surface area (Å²) in [5.74, 6) is -0.602. The maximum atomic E-state index is 11.6. The van der Waals surface area contributed by atoms with E-state index in [9.17, 15) is 9.90 Å². The molecule has 0 amide bonds. The molecule has 0 aromatic heterocycles. The highest BCUT2D eigenvalue weighted by Gasteiger charge is 2.43. The predicted octanol–water partition coefficient (Wildman–Crippen LogP) is 2.06. The summed E-state index contributed by atoms with van der Waals surface area (Å²) in [5.41, 5.74) is 1.89. The molecule has 2 aromatic rings. The molecule has 0 saturated carbocycles. The van der Waals surface area contributed by atoms with E-state index >= 15 is 0 Å². The van der Waals surface area contributed by atoms with Crippen LogP contribution in [0.15, 0.2) is 60.7 Å². The molecule has 1 fully saturated rings. The highest BCUT2D eigenvalue weighted by molar-refractivity contribution is 5.77. The average molecular weight is 269 g/mol. The maximum Gasteiger partial charge on any atom is 0.355 e. The minimum absolute atomic E-state index is 0.448. The van der Waals surface area contributed by atoms with Gasteiger partial charge in [0.05, 0.1) is 6.54 Å². The molecule has 1 aliphatic heterocycles. The SMILES string of the molecule is O=C1ON(Cc2ccccc2)[C@@H](c2ccccc2)[C@@H]1O. The number of aliphatic hydroxyl groups is 1. The van der Waals surface area contributed by atoms with Crippen LogP contribution in [0, 0.1) is 0 Å². The monoisotopic (exact) mass is 269 g/mol. The van der Waals surface area contributed by atoms with E-state index in [4.69, 9.17) is 4.84 Å². The fourth-order valence-corrected chi connectivity index (χ4v) is 2.41. The number of hydroxylamine groups is 2. The van der Waals surface area contributed by atoms with E-state index in [-0.39, 0.29) is 0 Å². The van der Waals surface area contributed by atoms with Gasteiger partial charge < -0.3 is 9.94 Å². The molecular formula is C16H15NO3. The quantitative estimate of drug-likeness (QED) is 0.926. The molecule has 0 bridgehead atoms. The summed E-state index contributed by atoms with van der Waals surface area (Å²) in [7, 11) is 0. The fourth-order valence-electron chi connectivity index (χ4n) is 2.41. The van der Waals surface area contributed by atoms with Gasteiger partial charge in [-0.2, -0.15) is 0 Å². The van der Waals surface area contributed by atoms with Crippen molar-refractivity contribution >= 4 is 5.97 Å². The third kappa shape index (κ3) is 2.43. The first-order chi connectivity index (χ1) is 9.75. The molecule has 4 heteroatoms. The molecule has 2 atom stereocenters. The Morgan fingerprint density at radius 1 is 1.00 bits per heavy atom. The van der Waals surface area contributed by atoms with Gasteiger partial charge in [-0.3, -0.25) is 0 Å². The summed E-state index contributed by atoms with van der Waals surface area (Å²) in [5, 5.41) is 11.6. The van der Waals surface area contributed by atoms with Crippen LogP contribution in [0.5, 0.6) is 0 Å². The van der Waals surface area contributed by atoms with E-state index in [0.29, 0.717) is 6.54 Å². The Morgan fingerprint density at radius 2 is 1.60 bits per heavy atom. The second-order valence-corrected chi connectivity index (χ2v) is 4.77. The van der Waals surface area contributed by atoms with Gasteiger partial charge in [0.15, 0.2) is 6.10 Å². The van der Waals surface area contributed by atoms with Gasteiger partial charge in [-0.05, 0) is 11.1 Å². The van der Waals surface area contributed by atoms with Crippen LogP contribution >= 0.6 is 0 Å². The van der Waals surface area contributed by atoms with Crippen molar-refractivity contribution in [3.05, 3.63) is 71.8 Å². The van der Waals surface area contributed by atoms with E-state index in [0.717, 1.165) is 11.1 Å². The second-order valence-electron chi connectivity index (χ2n) is 4.77. The van der Waals surface area contributed by atoms with E-state index in [1.807, 2.05) is 60.7 Å². The summed E-state index contributed by atoms with van der Waals surface area (Å²) in [6, 6.07) is 18.7. The van der Waals surface area contributed by atoms with Crippen LogP contribution in [-0.4, -0.2) is 22.2 Å². The number of carbonyl (C=O) groups is 1. The van der Waals surface area contributed by atoms with Crippen LogP contribution < -0.4 is 0 Å². The van der Waals surface area contributed by atoms with Gasteiger partial charge in [-0.25, -0.2) is 4.79 Å². The van der Waals surface area contributed by atoms with Gasteiger partial charge in [0.25, 0.3) is 0 Å². The Balaban J connectivity index is 1.87. The van der Waals surface area contributed by atoms with Gasteiger partial charge in [0.1, 0.15) is 6.04 Å². The number of rotatable bonds is 3. The molecule has 1 heterocycles. The standard InChI is InChI=1S/C16H15NO3/c18-15-14(13-9-5-2-6-10-13)17(20-16(15)19)11-12-7-3-1-4-8-12/h1-10,14-15,18H,11H2/t14-,15-/m0/s1. The Morgan fingerprint density at radius 3 is 2.25 bits per heavy atom. The Labute approximate surface area is 117 Å². The van der Waals surface area contributed by atoms with Crippen LogP contribution in [0.4, 0.5) is 0 Å². The third-order valence-corrected chi connectivity index (χ3v) is 3.38. The van der Waals surface area contributed by atoms with Crippen molar-refractivity contribution in [2.45, 2.75) is 18.7 Å². The van der Waals surface area contributed by atoms with Gasteiger partial charge in [0.2, 0.25) is 0 Å². The summed E-state index contributed by atoms with van der Waals surface area (Å²) in [6.07, 6.45) is -1.15. The lowest BCUT2D eigenvalue weighted by Gasteiger charge is -2.22. The van der Waals surface area contributed by atoms with Crippen LogP contribution in [0.3, 0.4) is 0 Å². The van der Waals surface area contributed by atoms with Crippen molar-refractivity contribution in [2.24, 2.45) is 0 Å². The lowest BCUT2D eigenvalue weighted by molar-refractivity contribution is -0.179. The summed E-state index contributed by atoms with van der Waals surface area (Å²) in [4.78, 5) is 16.8. The molecule has 0 spiro atoms. The predicted molar refractivity (Wildman–Crippen MR) is 73.3 cm³/mol. The number of nitrogens with zero attached hydrogens (tertiary/aromatic N) is 1. The summed E-state index contributed by atoms with van der Waals surface area (Å²) < 4.78 is 0. The first-order valence-corrected chi connectivity index (χ1v) is 6.51. The number of aliphatic hydroxyl groups excluding tert-OH is 1. The molecule has 1 aliphatic rings. The van der Waals surface area contributed by atoms with Crippen molar-refractivity contribution in [2.75, 3.05) is 0 Å². The molecule has 3 rings (SSSR count). The fraction of sp³-hybridized carbons (Fsp3) is 0.188. The number of hydrogen-bond donors (Lipinski definition) is 1. The lowest BCUT2D eigenvalue weighted by Crippen LogP contribution is -2.26. The van der Waals surface area contributed by atoms with Crippen molar-refractivity contribution in [1.82, 2.24) is 5.06 Å². The molecule has 1 saturated heterocycles. The number of hydrogen-bond acceptors (Lipinski definition) is 4. The Kier molecular flexibility index (Phi) is 3.50. The van der Waals surface area contributed by atoms with Crippen LogP contribution in [0.1, 0.15) is 17.2 Å². The topological polar surface area (TPSA) is 49.8 Å². The molecule has 0 radical (unpaired) electrons. The highest BCUT2D eigenvalue weighted by atomic mass is 16.7. The minimum Gasteiger partial charge on any atom is -0.379 e. The van der Waals surface area contributed by atoms with E-state index in [1.165, 1.54) is 5.06 Å². The average Bonchev–Trinajstić information content (AvgIpc) is 2.76. The van der Waals surface area contributed by atoms with Crippen molar-refractivity contribution in [3.8, 4) is 0 Å². The van der Waals surface area contributed by atoms with Crippen LogP contribution in [0.25, 0.3) is 0 Å². The summed E-state index contributed by atoms with van der Waals surface area (Å²) in [6.45, 7) is 0.448. The molecule has 4 nitrogen and oxygen atoms in total. The zero-order chi connectivity index (χ0) is 13.9. The maximum absolute atomic E-state index is 11.6. The molecule has 20 heavy (non-hydrogen) atoms. The smallest absolute Gasteiger partial charge is 0.355 e. The first kappa shape index (κ1) is 12.8. The zero-order valence-corrected chi connectivity index (χ0v) is 10.8. The first-order valence-electron chi connectivity index (χ1n) is 6.51. The zero-order valence-electron chi connectivity index (χ0n) is 10.8. The number of benzene rings is 2. The largest absolute Gasteiger partial charge is 0.379 e. The molecule has 1 N–H and O–H groups in total. The second kappa shape index (κ2) is 5.45. The highest BCUT2D eigenvalue weighted by Crippen LogP contribution is 2.32. The molecule has 0 aliphatic carbocycles. The van der Waals surface area contributed by atoms with Crippen LogP contribution in [-0.2, 0) is 16.2 Å². The van der Waals surface area contributed by atoms with Gasteiger partial charge in [-0.15, -0.1) is 5.06 Å². The van der Waals surface area contributed by atoms with Gasteiger partial charge >= 0.3 is 5.97 Å². The molecule has 102 valence electrons. The van der Waals surface area contributed by atoms with E-state index in [2.05, 4.69) is 0 Å². The Hall–Kier alpha value is -2.17. The van der Waals surface area contributed by atoms with Gasteiger partial charge in [-0.1, -0.05) is 60.7 Å².